The minimum atomic E-state index is 0.254. The number of benzene rings is 1. The SMILES string of the molecule is C=CC(NCCNCCC)c1ccccc1. The first kappa shape index (κ1) is 12.9. The summed E-state index contributed by atoms with van der Waals surface area (Å²) in [7, 11) is 0. The molecule has 88 valence electrons. The molecule has 0 fully saturated rings. The van der Waals surface area contributed by atoms with Crippen LogP contribution < -0.4 is 10.6 Å². The summed E-state index contributed by atoms with van der Waals surface area (Å²) in [5, 5.41) is 6.83. The molecule has 0 saturated heterocycles. The van der Waals surface area contributed by atoms with Crippen molar-refractivity contribution in [3.8, 4) is 0 Å². The van der Waals surface area contributed by atoms with E-state index >= 15 is 0 Å². The van der Waals surface area contributed by atoms with Gasteiger partial charge in [0.1, 0.15) is 0 Å². The Morgan fingerprint density at radius 1 is 1.19 bits per heavy atom. The average molecular weight is 218 g/mol. The molecule has 0 spiro atoms. The zero-order valence-electron chi connectivity index (χ0n) is 10.1. The lowest BCUT2D eigenvalue weighted by molar-refractivity contribution is 0.573. The van der Waals surface area contributed by atoms with Gasteiger partial charge in [-0.15, -0.1) is 6.58 Å². The van der Waals surface area contributed by atoms with Crippen LogP contribution in [0.25, 0.3) is 0 Å². The van der Waals surface area contributed by atoms with E-state index in [2.05, 4.69) is 48.4 Å². The van der Waals surface area contributed by atoms with E-state index in [1.165, 1.54) is 12.0 Å². The van der Waals surface area contributed by atoms with Crippen LogP contribution in [0, 0.1) is 0 Å². The van der Waals surface area contributed by atoms with Crippen molar-refractivity contribution in [2.24, 2.45) is 0 Å². The van der Waals surface area contributed by atoms with Gasteiger partial charge in [-0.05, 0) is 18.5 Å². The third-order valence-electron chi connectivity index (χ3n) is 2.49. The van der Waals surface area contributed by atoms with Crippen LogP contribution in [-0.2, 0) is 0 Å². The van der Waals surface area contributed by atoms with Crippen molar-refractivity contribution >= 4 is 0 Å². The molecule has 2 nitrogen and oxygen atoms in total. The molecule has 0 bridgehead atoms. The van der Waals surface area contributed by atoms with Gasteiger partial charge in [0.25, 0.3) is 0 Å². The van der Waals surface area contributed by atoms with E-state index in [9.17, 15) is 0 Å². The average Bonchev–Trinajstić information content (AvgIpc) is 2.35. The Morgan fingerprint density at radius 3 is 2.56 bits per heavy atom. The van der Waals surface area contributed by atoms with Crippen LogP contribution in [0.15, 0.2) is 43.0 Å². The summed E-state index contributed by atoms with van der Waals surface area (Å²) in [6.07, 6.45) is 3.14. The second-order valence-electron chi connectivity index (χ2n) is 3.83. The van der Waals surface area contributed by atoms with Crippen molar-refractivity contribution in [3.63, 3.8) is 0 Å². The molecule has 0 saturated carbocycles. The fourth-order valence-corrected chi connectivity index (χ4v) is 1.62. The first-order chi connectivity index (χ1) is 7.88. The maximum atomic E-state index is 3.87. The van der Waals surface area contributed by atoms with E-state index in [0.29, 0.717) is 0 Å². The Labute approximate surface area is 98.8 Å². The molecule has 1 aromatic carbocycles. The van der Waals surface area contributed by atoms with Crippen LogP contribution >= 0.6 is 0 Å². The fourth-order valence-electron chi connectivity index (χ4n) is 1.62. The highest BCUT2D eigenvalue weighted by Crippen LogP contribution is 2.12. The highest BCUT2D eigenvalue weighted by atomic mass is 15.0. The summed E-state index contributed by atoms with van der Waals surface area (Å²) in [5.41, 5.74) is 1.27. The molecule has 1 atom stereocenters. The third kappa shape index (κ3) is 4.60. The summed E-state index contributed by atoms with van der Waals surface area (Å²) in [6, 6.07) is 10.7. The van der Waals surface area contributed by atoms with Crippen LogP contribution in [0.3, 0.4) is 0 Å². The van der Waals surface area contributed by atoms with E-state index in [4.69, 9.17) is 0 Å². The van der Waals surface area contributed by atoms with Crippen molar-refractivity contribution in [3.05, 3.63) is 48.6 Å². The lowest BCUT2D eigenvalue weighted by Crippen LogP contribution is -2.29. The molecule has 0 aliphatic carbocycles. The Hall–Kier alpha value is -1.12. The van der Waals surface area contributed by atoms with Gasteiger partial charge in [-0.2, -0.15) is 0 Å². The van der Waals surface area contributed by atoms with Crippen molar-refractivity contribution < 1.29 is 0 Å². The highest BCUT2D eigenvalue weighted by molar-refractivity contribution is 5.22. The molecular weight excluding hydrogens is 196 g/mol. The van der Waals surface area contributed by atoms with Crippen LogP contribution in [0.5, 0.6) is 0 Å². The Bertz CT molecular complexity index is 282. The Kier molecular flexibility index (Phi) is 6.54. The number of hydrogen-bond donors (Lipinski definition) is 2. The van der Waals surface area contributed by atoms with Crippen LogP contribution in [-0.4, -0.2) is 19.6 Å². The van der Waals surface area contributed by atoms with Gasteiger partial charge in [-0.3, -0.25) is 0 Å². The van der Waals surface area contributed by atoms with Gasteiger partial charge in [0.05, 0.1) is 6.04 Å². The zero-order chi connectivity index (χ0) is 11.6. The monoisotopic (exact) mass is 218 g/mol. The first-order valence-corrected chi connectivity index (χ1v) is 6.00. The maximum Gasteiger partial charge on any atom is 0.0504 e. The molecule has 2 heteroatoms. The molecule has 2 N–H and O–H groups in total. The molecule has 0 aliphatic heterocycles. The van der Waals surface area contributed by atoms with Crippen LogP contribution in [0.1, 0.15) is 24.9 Å². The van der Waals surface area contributed by atoms with Gasteiger partial charge >= 0.3 is 0 Å². The second-order valence-corrected chi connectivity index (χ2v) is 3.83. The number of rotatable bonds is 8. The van der Waals surface area contributed by atoms with Gasteiger partial charge in [0, 0.05) is 13.1 Å². The van der Waals surface area contributed by atoms with E-state index in [-0.39, 0.29) is 6.04 Å². The Morgan fingerprint density at radius 2 is 1.94 bits per heavy atom. The summed E-state index contributed by atoms with van der Waals surface area (Å²) >= 11 is 0. The fraction of sp³-hybridized carbons (Fsp3) is 0.429. The number of nitrogens with one attached hydrogen (secondary N) is 2. The molecule has 0 aromatic heterocycles. The van der Waals surface area contributed by atoms with E-state index in [0.717, 1.165) is 19.6 Å². The predicted octanol–water partition coefficient (Wildman–Crippen LogP) is 2.50. The van der Waals surface area contributed by atoms with Gasteiger partial charge in [-0.1, -0.05) is 43.3 Å². The van der Waals surface area contributed by atoms with Crippen LogP contribution in [0.2, 0.25) is 0 Å². The first-order valence-electron chi connectivity index (χ1n) is 6.00. The predicted molar refractivity (Wildman–Crippen MR) is 70.5 cm³/mol. The summed E-state index contributed by atoms with van der Waals surface area (Å²) in [4.78, 5) is 0. The molecule has 0 aliphatic rings. The summed E-state index contributed by atoms with van der Waals surface area (Å²) < 4.78 is 0. The Balaban J connectivity index is 2.30. The minimum Gasteiger partial charge on any atom is -0.315 e. The van der Waals surface area contributed by atoms with Gasteiger partial charge in [0.15, 0.2) is 0 Å². The standard InChI is InChI=1S/C14H22N2/c1-3-10-15-11-12-16-14(4-2)13-8-6-5-7-9-13/h4-9,14-16H,2-3,10-12H2,1H3. The van der Waals surface area contributed by atoms with Gasteiger partial charge in [0.2, 0.25) is 0 Å². The molecule has 1 unspecified atom stereocenters. The smallest absolute Gasteiger partial charge is 0.0504 e. The highest BCUT2D eigenvalue weighted by Gasteiger charge is 2.04. The largest absolute Gasteiger partial charge is 0.315 e. The minimum absolute atomic E-state index is 0.254. The maximum absolute atomic E-state index is 3.87. The van der Waals surface area contributed by atoms with Crippen LogP contribution in [0.4, 0.5) is 0 Å². The van der Waals surface area contributed by atoms with Gasteiger partial charge < -0.3 is 10.6 Å². The molecule has 0 heterocycles. The molecule has 16 heavy (non-hydrogen) atoms. The van der Waals surface area contributed by atoms with E-state index < -0.39 is 0 Å². The second kappa shape index (κ2) is 8.08. The molecule has 1 aromatic rings. The third-order valence-corrected chi connectivity index (χ3v) is 2.49. The normalized spacial score (nSPS) is 12.3. The molecule has 0 radical (unpaired) electrons. The quantitative estimate of drug-likeness (QED) is 0.517. The summed E-state index contributed by atoms with van der Waals surface area (Å²) in [5.74, 6) is 0. The van der Waals surface area contributed by atoms with Gasteiger partial charge in [-0.25, -0.2) is 0 Å². The lowest BCUT2D eigenvalue weighted by atomic mass is 10.1. The molecule has 0 amide bonds. The van der Waals surface area contributed by atoms with E-state index in [1.807, 2.05) is 12.1 Å². The topological polar surface area (TPSA) is 24.1 Å². The zero-order valence-corrected chi connectivity index (χ0v) is 10.1. The van der Waals surface area contributed by atoms with E-state index in [1.54, 1.807) is 0 Å². The number of hydrogen-bond acceptors (Lipinski definition) is 2. The summed E-state index contributed by atoms with van der Waals surface area (Å²) in [6.45, 7) is 9.10. The lowest BCUT2D eigenvalue weighted by Gasteiger charge is -2.15. The molecular formula is C14H22N2. The van der Waals surface area contributed by atoms with Crippen molar-refractivity contribution in [1.82, 2.24) is 10.6 Å². The van der Waals surface area contributed by atoms with Crippen molar-refractivity contribution in [2.75, 3.05) is 19.6 Å². The van der Waals surface area contributed by atoms with Crippen molar-refractivity contribution in [1.29, 1.82) is 0 Å². The molecule has 1 rings (SSSR count). The van der Waals surface area contributed by atoms with Crippen molar-refractivity contribution in [2.45, 2.75) is 19.4 Å².